The summed E-state index contributed by atoms with van der Waals surface area (Å²) >= 11 is 0. The lowest BCUT2D eigenvalue weighted by Crippen LogP contribution is -2.35. The number of fused-ring (bicyclic) bond motifs is 2. The molecule has 0 unspecified atom stereocenters. The lowest BCUT2D eigenvalue weighted by atomic mass is 10.0. The molecule has 1 aliphatic heterocycles. The molecule has 200 valence electrons. The second-order valence-corrected chi connectivity index (χ2v) is 9.12. The number of hydrogen-bond acceptors (Lipinski definition) is 5. The predicted octanol–water partition coefficient (Wildman–Crippen LogP) is 6.37. The van der Waals surface area contributed by atoms with Crippen LogP contribution in [0.25, 0.3) is 38.7 Å². The van der Waals surface area contributed by atoms with Gasteiger partial charge in [0.1, 0.15) is 17.0 Å². The number of alkyl halides is 3. The van der Waals surface area contributed by atoms with Gasteiger partial charge in [-0.3, -0.25) is 4.79 Å². The molecule has 1 amide bonds. The summed E-state index contributed by atoms with van der Waals surface area (Å²) in [6, 6.07) is 7.59. The van der Waals surface area contributed by atoms with Crippen molar-refractivity contribution in [1.82, 2.24) is 14.9 Å². The summed E-state index contributed by atoms with van der Waals surface area (Å²) in [6.45, 7) is 0.407. The van der Waals surface area contributed by atoms with Crippen molar-refractivity contribution in [3.05, 3.63) is 65.6 Å². The molecule has 0 saturated carbocycles. The summed E-state index contributed by atoms with van der Waals surface area (Å²) in [5, 5.41) is 6.41. The van der Waals surface area contributed by atoms with E-state index in [0.717, 1.165) is 43.2 Å². The molecule has 0 spiro atoms. The third-order valence-corrected chi connectivity index (χ3v) is 6.73. The van der Waals surface area contributed by atoms with E-state index < -0.39 is 45.9 Å². The molecule has 7 nitrogen and oxygen atoms in total. The van der Waals surface area contributed by atoms with Crippen molar-refractivity contribution in [3.8, 4) is 16.8 Å². The van der Waals surface area contributed by atoms with Crippen molar-refractivity contribution in [3.63, 3.8) is 0 Å². The van der Waals surface area contributed by atoms with Crippen molar-refractivity contribution in [2.45, 2.75) is 25.4 Å². The maximum Gasteiger partial charge on any atom is 0.435 e. The standard InChI is InChI=1S/C26H17F6N5O2/c27-17-9-12(36-8-2-1-3-21(36)38)4-5-13(17)14-6-7-15-23(22(14)29)37(34-24(15)26(30,31)32)19-10-16-20(11-18(19)28)39-35-25(16)33/h4-7,9-11H,1-3,8H2,(H2,33,35). The Morgan fingerprint density at radius 1 is 0.923 bits per heavy atom. The predicted molar refractivity (Wildman–Crippen MR) is 130 cm³/mol. The molecule has 3 aromatic carbocycles. The highest BCUT2D eigenvalue weighted by Gasteiger charge is 2.38. The molecule has 39 heavy (non-hydrogen) atoms. The molecular weight excluding hydrogens is 528 g/mol. The van der Waals surface area contributed by atoms with Crippen LogP contribution in [-0.2, 0) is 11.0 Å². The van der Waals surface area contributed by atoms with Gasteiger partial charge in [-0.05, 0) is 43.2 Å². The molecule has 13 heteroatoms. The Kier molecular flexibility index (Phi) is 5.56. The van der Waals surface area contributed by atoms with Crippen LogP contribution in [0.2, 0.25) is 0 Å². The first-order valence-corrected chi connectivity index (χ1v) is 11.8. The van der Waals surface area contributed by atoms with Crippen LogP contribution >= 0.6 is 0 Å². The van der Waals surface area contributed by atoms with Crippen molar-refractivity contribution in [2.75, 3.05) is 17.2 Å². The van der Waals surface area contributed by atoms with Crippen molar-refractivity contribution in [1.29, 1.82) is 0 Å². The minimum Gasteiger partial charge on any atom is -0.380 e. The lowest BCUT2D eigenvalue weighted by Gasteiger charge is -2.27. The number of hydrogen-bond donors (Lipinski definition) is 1. The maximum atomic E-state index is 16.0. The molecule has 2 aromatic heterocycles. The Morgan fingerprint density at radius 2 is 1.69 bits per heavy atom. The van der Waals surface area contributed by atoms with Gasteiger partial charge in [-0.2, -0.15) is 18.3 Å². The number of halogens is 6. The number of anilines is 2. The maximum absolute atomic E-state index is 16.0. The number of aromatic nitrogens is 3. The molecule has 0 radical (unpaired) electrons. The number of amides is 1. The molecule has 5 aromatic rings. The van der Waals surface area contributed by atoms with E-state index in [9.17, 15) is 18.0 Å². The second-order valence-electron chi connectivity index (χ2n) is 9.12. The van der Waals surface area contributed by atoms with Crippen LogP contribution in [0.3, 0.4) is 0 Å². The average Bonchev–Trinajstić information content (AvgIpc) is 3.45. The van der Waals surface area contributed by atoms with Crippen LogP contribution < -0.4 is 10.6 Å². The molecule has 2 N–H and O–H groups in total. The summed E-state index contributed by atoms with van der Waals surface area (Å²) < 4.78 is 93.2. The van der Waals surface area contributed by atoms with E-state index in [1.807, 2.05) is 0 Å². The van der Waals surface area contributed by atoms with Crippen molar-refractivity contribution >= 4 is 39.3 Å². The van der Waals surface area contributed by atoms with E-state index in [0.29, 0.717) is 17.6 Å². The summed E-state index contributed by atoms with van der Waals surface area (Å²) in [4.78, 5) is 13.7. The van der Waals surface area contributed by atoms with Crippen LogP contribution in [0.1, 0.15) is 25.0 Å². The van der Waals surface area contributed by atoms with Gasteiger partial charge < -0.3 is 15.2 Å². The molecule has 6 rings (SSSR count). The Labute approximate surface area is 215 Å². The zero-order valence-electron chi connectivity index (χ0n) is 19.8. The van der Waals surface area contributed by atoms with Gasteiger partial charge in [0.2, 0.25) is 5.91 Å². The van der Waals surface area contributed by atoms with Gasteiger partial charge in [0, 0.05) is 41.2 Å². The lowest BCUT2D eigenvalue weighted by molar-refractivity contribution is -0.140. The molecule has 0 atom stereocenters. The first-order valence-electron chi connectivity index (χ1n) is 11.8. The quantitative estimate of drug-likeness (QED) is 0.266. The van der Waals surface area contributed by atoms with E-state index in [1.165, 1.54) is 17.0 Å². The largest absolute Gasteiger partial charge is 0.435 e. The Balaban J connectivity index is 1.56. The zero-order chi connectivity index (χ0) is 27.6. The number of carbonyl (C=O) groups excluding carboxylic acids is 1. The van der Waals surface area contributed by atoms with Gasteiger partial charge >= 0.3 is 6.18 Å². The number of nitrogen functional groups attached to an aromatic ring is 1. The Morgan fingerprint density at radius 3 is 2.41 bits per heavy atom. The fraction of sp³-hybridized carbons (Fsp3) is 0.192. The summed E-state index contributed by atoms with van der Waals surface area (Å²) in [7, 11) is 0. The number of benzene rings is 3. The van der Waals surface area contributed by atoms with E-state index in [-0.39, 0.29) is 39.5 Å². The first kappa shape index (κ1) is 24.8. The molecular formula is C26H17F6N5O2. The first-order chi connectivity index (χ1) is 18.5. The van der Waals surface area contributed by atoms with Gasteiger partial charge in [0.15, 0.2) is 28.7 Å². The number of carbonyl (C=O) groups is 1. The Hall–Kier alpha value is -4.55. The van der Waals surface area contributed by atoms with Gasteiger partial charge in [0.25, 0.3) is 0 Å². The van der Waals surface area contributed by atoms with Crippen LogP contribution in [-0.4, -0.2) is 27.4 Å². The highest BCUT2D eigenvalue weighted by molar-refractivity contribution is 5.95. The second kappa shape index (κ2) is 8.75. The third-order valence-electron chi connectivity index (χ3n) is 6.73. The molecule has 1 fully saturated rings. The van der Waals surface area contributed by atoms with Crippen molar-refractivity contribution in [2.24, 2.45) is 0 Å². The normalized spacial score (nSPS) is 14.6. The van der Waals surface area contributed by atoms with Gasteiger partial charge in [-0.1, -0.05) is 11.2 Å². The molecule has 0 bridgehead atoms. The third kappa shape index (κ3) is 3.96. The topological polar surface area (TPSA) is 90.2 Å². The number of rotatable bonds is 3. The van der Waals surface area contributed by atoms with E-state index in [2.05, 4.69) is 10.3 Å². The SMILES string of the molecule is Nc1noc2cc(F)c(-n3nc(C(F)(F)F)c4ccc(-c5ccc(N6CCCCC6=O)cc5F)c(F)c43)cc12. The van der Waals surface area contributed by atoms with Gasteiger partial charge in [-0.25, -0.2) is 17.9 Å². The van der Waals surface area contributed by atoms with Gasteiger partial charge in [0.05, 0.1) is 5.39 Å². The van der Waals surface area contributed by atoms with Crippen molar-refractivity contribution < 1.29 is 35.7 Å². The molecule has 3 heterocycles. The van der Waals surface area contributed by atoms with Gasteiger partial charge in [-0.15, -0.1) is 0 Å². The minimum absolute atomic E-state index is 0.0724. The Bertz CT molecular complexity index is 1790. The number of piperidine rings is 1. The zero-order valence-corrected chi connectivity index (χ0v) is 19.8. The summed E-state index contributed by atoms with van der Waals surface area (Å²) in [5.74, 6) is -3.56. The summed E-state index contributed by atoms with van der Waals surface area (Å²) in [5.41, 5.74) is 2.55. The number of nitrogens with two attached hydrogens (primary N) is 1. The summed E-state index contributed by atoms with van der Waals surface area (Å²) in [6.07, 6.45) is -3.22. The highest BCUT2D eigenvalue weighted by Crippen LogP contribution is 2.40. The van der Waals surface area contributed by atoms with E-state index in [4.69, 9.17) is 10.3 Å². The number of nitrogens with zero attached hydrogens (tertiary/aromatic N) is 4. The van der Waals surface area contributed by atoms with E-state index in [1.54, 1.807) is 0 Å². The molecule has 0 aliphatic carbocycles. The fourth-order valence-electron chi connectivity index (χ4n) is 4.86. The van der Waals surface area contributed by atoms with E-state index >= 15 is 13.2 Å². The highest BCUT2D eigenvalue weighted by atomic mass is 19.4. The van der Waals surface area contributed by atoms with Crippen LogP contribution in [0.15, 0.2) is 47.0 Å². The van der Waals surface area contributed by atoms with Crippen LogP contribution in [0.4, 0.5) is 37.8 Å². The molecule has 1 aliphatic rings. The average molecular weight is 545 g/mol. The van der Waals surface area contributed by atoms with Crippen LogP contribution in [0.5, 0.6) is 0 Å². The minimum atomic E-state index is -5.01. The van der Waals surface area contributed by atoms with Crippen LogP contribution in [0, 0.1) is 17.5 Å². The monoisotopic (exact) mass is 545 g/mol. The molecule has 1 saturated heterocycles. The smallest absolute Gasteiger partial charge is 0.380 e. The fourth-order valence-corrected chi connectivity index (χ4v) is 4.86.